The van der Waals surface area contributed by atoms with Gasteiger partial charge in [0.2, 0.25) is 0 Å². The summed E-state index contributed by atoms with van der Waals surface area (Å²) in [4.78, 5) is 37.2. The number of carbonyl (C=O) groups is 3. The van der Waals surface area contributed by atoms with Crippen molar-refractivity contribution in [3.63, 3.8) is 0 Å². The molecule has 1 saturated heterocycles. The van der Waals surface area contributed by atoms with E-state index < -0.39 is 17.7 Å². The molecule has 1 fully saturated rings. The summed E-state index contributed by atoms with van der Waals surface area (Å²) in [6, 6.07) is 14.6. The van der Waals surface area contributed by atoms with E-state index in [9.17, 15) is 19.5 Å². The molecule has 3 rings (SSSR count). The number of para-hydroxylation sites is 1. The van der Waals surface area contributed by atoms with Crippen molar-refractivity contribution in [1.82, 2.24) is 4.90 Å². The highest BCUT2D eigenvalue weighted by molar-refractivity contribution is 5.88. The third-order valence-corrected chi connectivity index (χ3v) is 5.35. The van der Waals surface area contributed by atoms with Crippen LogP contribution < -0.4 is 4.74 Å². The van der Waals surface area contributed by atoms with Gasteiger partial charge in [0.05, 0.1) is 19.1 Å². The van der Waals surface area contributed by atoms with Crippen LogP contribution in [0.4, 0.5) is 4.79 Å². The Hall–Kier alpha value is -3.35. The zero-order valence-electron chi connectivity index (χ0n) is 19.4. The summed E-state index contributed by atoms with van der Waals surface area (Å²) in [7, 11) is 0. The van der Waals surface area contributed by atoms with Gasteiger partial charge in [-0.15, -0.1) is 0 Å². The third kappa shape index (κ3) is 6.81. The number of carbonyl (C=O) groups excluding carboxylic acids is 2. The third-order valence-electron chi connectivity index (χ3n) is 5.35. The monoisotopic (exact) mass is 453 g/mol. The van der Waals surface area contributed by atoms with Gasteiger partial charge in [0.1, 0.15) is 11.4 Å². The predicted molar refractivity (Wildman–Crippen MR) is 124 cm³/mol. The molecular formula is C26H31NO6. The first-order valence-electron chi connectivity index (χ1n) is 11.2. The Balaban J connectivity index is 1.73. The number of likely N-dealkylation sites (tertiary alicyclic amines) is 1. The molecule has 176 valence electrons. The van der Waals surface area contributed by atoms with Crippen LogP contribution in [0, 0.1) is 0 Å². The van der Waals surface area contributed by atoms with Crippen LogP contribution in [0.5, 0.6) is 5.75 Å². The van der Waals surface area contributed by atoms with Crippen molar-refractivity contribution in [1.29, 1.82) is 0 Å². The van der Waals surface area contributed by atoms with E-state index in [4.69, 9.17) is 9.47 Å². The lowest BCUT2D eigenvalue weighted by Crippen LogP contribution is -2.49. The fourth-order valence-corrected chi connectivity index (χ4v) is 3.93. The molecule has 33 heavy (non-hydrogen) atoms. The smallest absolute Gasteiger partial charge is 0.407 e. The summed E-state index contributed by atoms with van der Waals surface area (Å²) in [5.74, 6) is 0.279. The maximum absolute atomic E-state index is 12.4. The van der Waals surface area contributed by atoms with E-state index >= 15 is 0 Å². The maximum Gasteiger partial charge on any atom is 0.407 e. The number of carboxylic acid groups (broad SMARTS) is 1. The van der Waals surface area contributed by atoms with Crippen molar-refractivity contribution in [3.8, 4) is 16.9 Å². The molecule has 0 radical (unpaired) electrons. The first kappa shape index (κ1) is 24.3. The quantitative estimate of drug-likeness (QED) is 0.610. The van der Waals surface area contributed by atoms with Crippen LogP contribution in [0.2, 0.25) is 0 Å². The van der Waals surface area contributed by atoms with Crippen LogP contribution in [-0.4, -0.2) is 52.6 Å². The molecule has 1 unspecified atom stereocenters. The van der Waals surface area contributed by atoms with Crippen molar-refractivity contribution >= 4 is 17.8 Å². The number of benzene rings is 2. The highest BCUT2D eigenvalue weighted by Gasteiger charge is 2.32. The number of piperidine rings is 1. The number of ether oxygens (including phenoxy) is 2. The van der Waals surface area contributed by atoms with E-state index in [-0.39, 0.29) is 24.8 Å². The second-order valence-corrected chi connectivity index (χ2v) is 9.15. The van der Waals surface area contributed by atoms with E-state index in [1.807, 2.05) is 69.3 Å². The molecule has 2 aromatic rings. The van der Waals surface area contributed by atoms with Gasteiger partial charge in [-0.25, -0.2) is 4.79 Å². The first-order valence-corrected chi connectivity index (χ1v) is 11.2. The number of hydrogen-bond donors (Lipinski definition) is 1. The minimum absolute atomic E-state index is 0.0417. The van der Waals surface area contributed by atoms with Crippen LogP contribution in [-0.2, 0) is 20.7 Å². The van der Waals surface area contributed by atoms with E-state index in [1.165, 1.54) is 4.90 Å². The van der Waals surface area contributed by atoms with Gasteiger partial charge in [-0.3, -0.25) is 14.5 Å². The van der Waals surface area contributed by atoms with E-state index in [1.54, 1.807) is 0 Å². The van der Waals surface area contributed by atoms with Gasteiger partial charge in [-0.05, 0) is 44.4 Å². The van der Waals surface area contributed by atoms with Gasteiger partial charge in [-0.2, -0.15) is 0 Å². The molecule has 7 heteroatoms. The lowest BCUT2D eigenvalue weighted by atomic mass is 9.93. The Morgan fingerprint density at radius 3 is 2.61 bits per heavy atom. The van der Waals surface area contributed by atoms with Crippen molar-refractivity contribution in [3.05, 3.63) is 54.1 Å². The van der Waals surface area contributed by atoms with Crippen molar-refractivity contribution in [2.45, 2.75) is 58.1 Å². The van der Waals surface area contributed by atoms with Crippen LogP contribution >= 0.6 is 0 Å². The van der Waals surface area contributed by atoms with Crippen LogP contribution in [0.15, 0.2) is 48.5 Å². The minimum atomic E-state index is -1.06. The van der Waals surface area contributed by atoms with E-state index in [0.29, 0.717) is 31.6 Å². The van der Waals surface area contributed by atoms with Gasteiger partial charge >= 0.3 is 12.1 Å². The Bertz CT molecular complexity index is 1010. The summed E-state index contributed by atoms with van der Waals surface area (Å²) in [6.45, 7) is 6.04. The lowest BCUT2D eigenvalue weighted by Gasteiger charge is -2.32. The van der Waals surface area contributed by atoms with Crippen molar-refractivity contribution < 1.29 is 29.0 Å². The Morgan fingerprint density at radius 2 is 1.88 bits per heavy atom. The number of rotatable bonds is 7. The molecule has 0 spiro atoms. The van der Waals surface area contributed by atoms with Crippen molar-refractivity contribution in [2.24, 2.45) is 0 Å². The Morgan fingerprint density at radius 1 is 1.12 bits per heavy atom. The molecule has 1 heterocycles. The van der Waals surface area contributed by atoms with Gasteiger partial charge in [0.15, 0.2) is 5.78 Å². The summed E-state index contributed by atoms with van der Waals surface area (Å²) in [6.07, 6.45) is 0.382. The predicted octanol–water partition coefficient (Wildman–Crippen LogP) is 4.72. The fraction of sp³-hybridized carbons (Fsp3) is 0.423. The minimum Gasteiger partial charge on any atom is -0.492 e. The molecule has 1 aliphatic heterocycles. The number of ketones is 1. The first-order chi connectivity index (χ1) is 15.6. The average molecular weight is 454 g/mol. The second kappa shape index (κ2) is 10.5. The van der Waals surface area contributed by atoms with Gasteiger partial charge in [-0.1, -0.05) is 42.5 Å². The molecular weight excluding hydrogens is 422 g/mol. The zero-order chi connectivity index (χ0) is 24.0. The molecule has 1 atom stereocenters. The molecule has 1 aliphatic rings. The number of hydrogen-bond acceptors (Lipinski definition) is 5. The maximum atomic E-state index is 12.4. The summed E-state index contributed by atoms with van der Waals surface area (Å²) in [5, 5.41) is 9.48. The number of esters is 1. The summed E-state index contributed by atoms with van der Waals surface area (Å²) >= 11 is 0. The standard InChI is InChI=1S/C26H31NO6/c1-26(2,3)33-24(29)13-15-32-23-12-5-4-10-20(23)19-9-6-8-18(16-19)17-21-22(28)11-7-14-27(21)25(30)31/h4-6,8-10,12,16,21H,7,11,13-15,17H2,1-3H3,(H,30,31). The SMILES string of the molecule is CC(C)(C)OC(=O)CCOc1ccccc1-c1cccc(CC2C(=O)CCCN2C(=O)O)c1. The summed E-state index contributed by atoms with van der Waals surface area (Å²) in [5.41, 5.74) is 2.09. The molecule has 7 nitrogen and oxygen atoms in total. The molecule has 0 aromatic heterocycles. The topological polar surface area (TPSA) is 93.1 Å². The Labute approximate surface area is 194 Å². The highest BCUT2D eigenvalue weighted by Crippen LogP contribution is 2.31. The number of amides is 1. The molecule has 0 aliphatic carbocycles. The molecule has 0 saturated carbocycles. The number of nitrogens with zero attached hydrogens (tertiary/aromatic N) is 1. The molecule has 0 bridgehead atoms. The lowest BCUT2D eigenvalue weighted by molar-refractivity contribution is -0.155. The van der Waals surface area contributed by atoms with Crippen LogP contribution in [0.25, 0.3) is 11.1 Å². The highest BCUT2D eigenvalue weighted by atomic mass is 16.6. The van der Waals surface area contributed by atoms with E-state index in [0.717, 1.165) is 16.7 Å². The van der Waals surface area contributed by atoms with Gasteiger partial charge in [0.25, 0.3) is 0 Å². The largest absolute Gasteiger partial charge is 0.492 e. The molecule has 1 amide bonds. The second-order valence-electron chi connectivity index (χ2n) is 9.15. The molecule has 2 aromatic carbocycles. The normalized spacial score (nSPS) is 16.4. The van der Waals surface area contributed by atoms with Crippen molar-refractivity contribution in [2.75, 3.05) is 13.2 Å². The number of Topliss-reactive ketones (excluding diaryl/α,β-unsaturated/α-hetero) is 1. The van der Waals surface area contributed by atoms with E-state index in [2.05, 4.69) is 0 Å². The van der Waals surface area contributed by atoms with Gasteiger partial charge in [0, 0.05) is 24.9 Å². The fourth-order valence-electron chi connectivity index (χ4n) is 3.93. The summed E-state index contributed by atoms with van der Waals surface area (Å²) < 4.78 is 11.2. The average Bonchev–Trinajstić information content (AvgIpc) is 2.74. The zero-order valence-corrected chi connectivity index (χ0v) is 19.4. The molecule has 1 N–H and O–H groups in total. The van der Waals surface area contributed by atoms with Crippen LogP contribution in [0.3, 0.4) is 0 Å². The van der Waals surface area contributed by atoms with Crippen LogP contribution in [0.1, 0.15) is 45.6 Å². The Kier molecular flexibility index (Phi) is 7.74. The van der Waals surface area contributed by atoms with Gasteiger partial charge < -0.3 is 14.6 Å².